The fraction of sp³-hybridized carbons (Fsp3) is 0.909. The summed E-state index contributed by atoms with van der Waals surface area (Å²) in [5.41, 5.74) is 0. The third-order valence-corrected chi connectivity index (χ3v) is 3.29. The average molecular weight is 227 g/mol. The van der Waals surface area contributed by atoms with Gasteiger partial charge in [-0.05, 0) is 31.7 Å². The first-order valence-corrected chi connectivity index (χ1v) is 6.17. The largest absolute Gasteiger partial charge is 0.381 e. The van der Waals surface area contributed by atoms with Crippen LogP contribution in [0.2, 0.25) is 0 Å². The van der Waals surface area contributed by atoms with E-state index in [1.165, 1.54) is 0 Å². The van der Waals surface area contributed by atoms with Gasteiger partial charge in [-0.3, -0.25) is 0 Å². The summed E-state index contributed by atoms with van der Waals surface area (Å²) >= 11 is 0. The SMILES string of the molecule is O=C(NCC1CCOCC1)NC1CCNC1. The van der Waals surface area contributed by atoms with Crippen LogP contribution in [0.5, 0.6) is 0 Å². The van der Waals surface area contributed by atoms with Crippen LogP contribution in [0.4, 0.5) is 4.79 Å². The van der Waals surface area contributed by atoms with E-state index in [0.29, 0.717) is 12.0 Å². The Bertz CT molecular complexity index is 223. The van der Waals surface area contributed by atoms with E-state index >= 15 is 0 Å². The van der Waals surface area contributed by atoms with Gasteiger partial charge in [0.1, 0.15) is 0 Å². The molecule has 2 heterocycles. The molecule has 1 unspecified atom stereocenters. The van der Waals surface area contributed by atoms with Crippen molar-refractivity contribution in [3.8, 4) is 0 Å². The standard InChI is InChI=1S/C11H21N3O2/c15-11(14-10-1-4-12-8-10)13-7-9-2-5-16-6-3-9/h9-10,12H,1-8H2,(H2,13,14,15). The van der Waals surface area contributed by atoms with Gasteiger partial charge in [-0.25, -0.2) is 4.79 Å². The first-order valence-electron chi connectivity index (χ1n) is 6.17. The lowest BCUT2D eigenvalue weighted by molar-refractivity contribution is 0.0669. The Morgan fingerprint density at radius 1 is 1.31 bits per heavy atom. The van der Waals surface area contributed by atoms with Gasteiger partial charge in [-0.15, -0.1) is 0 Å². The summed E-state index contributed by atoms with van der Waals surface area (Å²) < 4.78 is 5.28. The Hall–Kier alpha value is -0.810. The maximum absolute atomic E-state index is 11.6. The lowest BCUT2D eigenvalue weighted by Crippen LogP contribution is -2.44. The van der Waals surface area contributed by atoms with E-state index < -0.39 is 0 Å². The third-order valence-electron chi connectivity index (χ3n) is 3.29. The number of rotatable bonds is 3. The molecule has 0 radical (unpaired) electrons. The number of carbonyl (C=O) groups is 1. The fourth-order valence-corrected chi connectivity index (χ4v) is 2.20. The van der Waals surface area contributed by atoms with Gasteiger partial charge in [-0.1, -0.05) is 0 Å². The highest BCUT2D eigenvalue weighted by Crippen LogP contribution is 2.12. The van der Waals surface area contributed by atoms with Gasteiger partial charge in [0, 0.05) is 32.3 Å². The topological polar surface area (TPSA) is 62.4 Å². The van der Waals surface area contributed by atoms with Crippen molar-refractivity contribution in [3.63, 3.8) is 0 Å². The number of hydrogen-bond donors (Lipinski definition) is 3. The van der Waals surface area contributed by atoms with E-state index in [4.69, 9.17) is 4.74 Å². The van der Waals surface area contributed by atoms with Crippen molar-refractivity contribution in [1.29, 1.82) is 0 Å². The molecule has 92 valence electrons. The molecule has 0 bridgehead atoms. The van der Waals surface area contributed by atoms with E-state index in [1.54, 1.807) is 0 Å². The first kappa shape index (κ1) is 11.7. The summed E-state index contributed by atoms with van der Waals surface area (Å²) in [5, 5.41) is 9.14. The fourth-order valence-electron chi connectivity index (χ4n) is 2.20. The average Bonchev–Trinajstić information content (AvgIpc) is 2.81. The zero-order chi connectivity index (χ0) is 11.2. The molecule has 2 saturated heterocycles. The molecule has 0 saturated carbocycles. The van der Waals surface area contributed by atoms with Crippen molar-refractivity contribution in [3.05, 3.63) is 0 Å². The van der Waals surface area contributed by atoms with Crippen molar-refractivity contribution in [2.45, 2.75) is 25.3 Å². The summed E-state index contributed by atoms with van der Waals surface area (Å²) in [7, 11) is 0. The van der Waals surface area contributed by atoms with E-state index in [1.807, 2.05) is 0 Å². The number of ether oxygens (including phenoxy) is 1. The lowest BCUT2D eigenvalue weighted by atomic mass is 10.0. The second-order valence-electron chi connectivity index (χ2n) is 4.60. The molecule has 2 aliphatic rings. The van der Waals surface area contributed by atoms with Crippen molar-refractivity contribution in [2.75, 3.05) is 32.8 Å². The molecule has 16 heavy (non-hydrogen) atoms. The minimum Gasteiger partial charge on any atom is -0.381 e. The zero-order valence-corrected chi connectivity index (χ0v) is 9.63. The highest BCUT2D eigenvalue weighted by Gasteiger charge is 2.18. The van der Waals surface area contributed by atoms with E-state index in [-0.39, 0.29) is 6.03 Å². The van der Waals surface area contributed by atoms with Gasteiger partial charge in [0.15, 0.2) is 0 Å². The van der Waals surface area contributed by atoms with Crippen LogP contribution in [0.25, 0.3) is 0 Å². The van der Waals surface area contributed by atoms with Crippen LogP contribution in [0.1, 0.15) is 19.3 Å². The van der Waals surface area contributed by atoms with Crippen molar-refractivity contribution >= 4 is 6.03 Å². The molecule has 5 nitrogen and oxygen atoms in total. The normalized spacial score (nSPS) is 26.6. The quantitative estimate of drug-likeness (QED) is 0.639. The van der Waals surface area contributed by atoms with Crippen LogP contribution >= 0.6 is 0 Å². The molecule has 1 atom stereocenters. The molecule has 2 rings (SSSR count). The second kappa shape index (κ2) is 6.06. The number of carbonyl (C=O) groups excluding carboxylic acids is 1. The maximum Gasteiger partial charge on any atom is 0.315 e. The van der Waals surface area contributed by atoms with Crippen molar-refractivity contribution < 1.29 is 9.53 Å². The molecule has 0 aromatic carbocycles. The van der Waals surface area contributed by atoms with Gasteiger partial charge in [0.05, 0.1) is 0 Å². The molecule has 0 aromatic rings. The Morgan fingerprint density at radius 2 is 2.12 bits per heavy atom. The Kier molecular flexibility index (Phi) is 4.42. The Morgan fingerprint density at radius 3 is 2.81 bits per heavy atom. The van der Waals surface area contributed by atoms with Crippen LogP contribution in [0.15, 0.2) is 0 Å². The molecule has 2 amide bonds. The minimum atomic E-state index is -0.0276. The molecule has 5 heteroatoms. The van der Waals surface area contributed by atoms with Crippen molar-refractivity contribution in [1.82, 2.24) is 16.0 Å². The highest BCUT2D eigenvalue weighted by atomic mass is 16.5. The summed E-state index contributed by atoms with van der Waals surface area (Å²) in [6.07, 6.45) is 3.15. The molecular weight excluding hydrogens is 206 g/mol. The van der Waals surface area contributed by atoms with Gasteiger partial charge >= 0.3 is 6.03 Å². The van der Waals surface area contributed by atoms with E-state index in [9.17, 15) is 4.79 Å². The van der Waals surface area contributed by atoms with Crippen LogP contribution in [-0.2, 0) is 4.74 Å². The predicted octanol–water partition coefficient (Wildman–Crippen LogP) is 0.0741. The Balaban J connectivity index is 1.59. The van der Waals surface area contributed by atoms with Crippen LogP contribution in [0.3, 0.4) is 0 Å². The highest BCUT2D eigenvalue weighted by molar-refractivity contribution is 5.74. The molecular formula is C11H21N3O2. The van der Waals surface area contributed by atoms with E-state index in [2.05, 4.69) is 16.0 Å². The minimum absolute atomic E-state index is 0.0276. The summed E-state index contributed by atoms with van der Waals surface area (Å²) in [6.45, 7) is 4.34. The number of urea groups is 1. The van der Waals surface area contributed by atoms with Gasteiger partial charge in [-0.2, -0.15) is 0 Å². The smallest absolute Gasteiger partial charge is 0.315 e. The van der Waals surface area contributed by atoms with Gasteiger partial charge < -0.3 is 20.7 Å². The van der Waals surface area contributed by atoms with Crippen LogP contribution in [-0.4, -0.2) is 44.9 Å². The maximum atomic E-state index is 11.6. The Labute approximate surface area is 96.3 Å². The molecule has 0 spiro atoms. The molecule has 2 aliphatic heterocycles. The second-order valence-corrected chi connectivity index (χ2v) is 4.60. The first-order chi connectivity index (χ1) is 7.84. The lowest BCUT2D eigenvalue weighted by Gasteiger charge is -2.22. The number of hydrogen-bond acceptors (Lipinski definition) is 3. The molecule has 0 aliphatic carbocycles. The number of nitrogens with one attached hydrogen (secondary N) is 3. The monoisotopic (exact) mass is 227 g/mol. The summed E-state index contributed by atoms with van der Waals surface area (Å²) in [5.74, 6) is 0.584. The molecule has 2 fully saturated rings. The molecule has 0 aromatic heterocycles. The van der Waals surface area contributed by atoms with Crippen molar-refractivity contribution in [2.24, 2.45) is 5.92 Å². The third kappa shape index (κ3) is 3.64. The number of amides is 2. The summed E-state index contributed by atoms with van der Waals surface area (Å²) in [4.78, 5) is 11.6. The molecule has 3 N–H and O–H groups in total. The van der Waals surface area contributed by atoms with E-state index in [0.717, 1.165) is 52.1 Å². The van der Waals surface area contributed by atoms with Crippen LogP contribution in [0, 0.1) is 5.92 Å². The predicted molar refractivity (Wildman–Crippen MR) is 61.4 cm³/mol. The summed E-state index contributed by atoms with van der Waals surface area (Å²) in [6, 6.07) is 0.273. The van der Waals surface area contributed by atoms with Crippen LogP contribution < -0.4 is 16.0 Å². The van der Waals surface area contributed by atoms with Gasteiger partial charge in [0.2, 0.25) is 0 Å². The van der Waals surface area contributed by atoms with Gasteiger partial charge in [0.25, 0.3) is 0 Å². The zero-order valence-electron chi connectivity index (χ0n) is 9.63.